The first kappa shape index (κ1) is 14.9. The predicted molar refractivity (Wildman–Crippen MR) is 83.6 cm³/mol. The quantitative estimate of drug-likeness (QED) is 0.790. The van der Waals surface area contributed by atoms with E-state index < -0.39 is 0 Å². The fourth-order valence-corrected chi connectivity index (χ4v) is 4.13. The average molecular weight is 278 g/mol. The molecule has 106 valence electrons. The van der Waals surface area contributed by atoms with Gasteiger partial charge in [-0.25, -0.2) is 0 Å². The fraction of sp³-hybridized carbons (Fsp3) is 0.647. The second kappa shape index (κ2) is 7.35. The van der Waals surface area contributed by atoms with Gasteiger partial charge in [-0.1, -0.05) is 50.3 Å². The van der Waals surface area contributed by atoms with E-state index in [0.29, 0.717) is 5.92 Å². The minimum absolute atomic E-state index is 0.142. The summed E-state index contributed by atoms with van der Waals surface area (Å²) in [5.41, 5.74) is 1.29. The number of hydrogen-bond donors (Lipinski definition) is 1. The van der Waals surface area contributed by atoms with Crippen LogP contribution in [0.15, 0.2) is 29.2 Å². The summed E-state index contributed by atoms with van der Waals surface area (Å²) in [5, 5.41) is 10.5. The Morgan fingerprint density at radius 1 is 1.21 bits per heavy atom. The minimum atomic E-state index is -0.142. The van der Waals surface area contributed by atoms with Crippen molar-refractivity contribution in [2.24, 2.45) is 11.8 Å². The van der Waals surface area contributed by atoms with Crippen LogP contribution in [-0.4, -0.2) is 17.0 Å². The van der Waals surface area contributed by atoms with Crippen molar-refractivity contribution in [1.29, 1.82) is 0 Å². The molecule has 1 N–H and O–H groups in total. The number of hydrogen-bond acceptors (Lipinski definition) is 2. The van der Waals surface area contributed by atoms with Gasteiger partial charge in [0.25, 0.3) is 0 Å². The van der Waals surface area contributed by atoms with Crippen molar-refractivity contribution in [2.45, 2.75) is 57.0 Å². The Kier molecular flexibility index (Phi) is 5.77. The highest BCUT2D eigenvalue weighted by molar-refractivity contribution is 7.99. The van der Waals surface area contributed by atoms with Crippen LogP contribution in [0.4, 0.5) is 0 Å². The van der Waals surface area contributed by atoms with Crippen molar-refractivity contribution in [3.05, 3.63) is 29.8 Å². The highest BCUT2D eigenvalue weighted by Crippen LogP contribution is 2.36. The lowest BCUT2D eigenvalue weighted by Gasteiger charge is -2.34. The van der Waals surface area contributed by atoms with Crippen molar-refractivity contribution in [3.63, 3.8) is 0 Å². The molecule has 0 saturated heterocycles. The van der Waals surface area contributed by atoms with E-state index in [-0.39, 0.29) is 6.10 Å². The van der Waals surface area contributed by atoms with Crippen molar-refractivity contribution in [3.8, 4) is 0 Å². The first-order chi connectivity index (χ1) is 9.20. The van der Waals surface area contributed by atoms with Gasteiger partial charge < -0.3 is 5.11 Å². The first-order valence-electron chi connectivity index (χ1n) is 7.58. The van der Waals surface area contributed by atoms with Crippen molar-refractivity contribution >= 4 is 11.8 Å². The molecular weight excluding hydrogens is 252 g/mol. The summed E-state index contributed by atoms with van der Waals surface area (Å²) in [6, 6.07) is 8.60. The summed E-state index contributed by atoms with van der Waals surface area (Å²) >= 11 is 1.79. The molecule has 1 aliphatic carbocycles. The zero-order valence-corrected chi connectivity index (χ0v) is 13.0. The van der Waals surface area contributed by atoms with Crippen LogP contribution in [0.1, 0.15) is 44.6 Å². The van der Waals surface area contributed by atoms with E-state index in [1.54, 1.807) is 11.8 Å². The Bertz CT molecular complexity index is 373. The first-order valence-corrected chi connectivity index (χ1v) is 8.56. The summed E-state index contributed by atoms with van der Waals surface area (Å²) in [6.07, 6.45) is 6.26. The number of thioether (sulfide) groups is 1. The summed E-state index contributed by atoms with van der Waals surface area (Å²) in [5.74, 6) is 2.10. The van der Waals surface area contributed by atoms with Crippen molar-refractivity contribution in [1.82, 2.24) is 0 Å². The maximum absolute atomic E-state index is 10.5. The normalized spacial score (nSPS) is 25.2. The van der Waals surface area contributed by atoms with Crippen LogP contribution >= 0.6 is 11.8 Å². The lowest BCUT2D eigenvalue weighted by molar-refractivity contribution is 0.0629. The van der Waals surface area contributed by atoms with E-state index in [1.807, 2.05) is 0 Å². The second-order valence-corrected chi connectivity index (χ2v) is 6.90. The topological polar surface area (TPSA) is 20.2 Å². The molecule has 0 bridgehead atoms. The summed E-state index contributed by atoms with van der Waals surface area (Å²) < 4.78 is 0. The lowest BCUT2D eigenvalue weighted by atomic mass is 9.75. The molecule has 1 aliphatic rings. The van der Waals surface area contributed by atoms with Crippen LogP contribution in [0.3, 0.4) is 0 Å². The zero-order chi connectivity index (χ0) is 13.7. The molecule has 1 nitrogen and oxygen atoms in total. The monoisotopic (exact) mass is 278 g/mol. The van der Waals surface area contributed by atoms with E-state index in [1.165, 1.54) is 42.6 Å². The Morgan fingerprint density at radius 2 is 1.89 bits per heavy atom. The third-order valence-corrected chi connectivity index (χ3v) is 5.54. The number of aryl methyl sites for hydroxylation is 1. The minimum Gasteiger partial charge on any atom is -0.392 e. The van der Waals surface area contributed by atoms with Crippen LogP contribution in [-0.2, 0) is 0 Å². The molecule has 2 rings (SSSR count). The molecule has 0 aromatic heterocycles. The maximum Gasteiger partial charge on any atom is 0.0664 e. The van der Waals surface area contributed by atoms with E-state index in [4.69, 9.17) is 0 Å². The van der Waals surface area contributed by atoms with Gasteiger partial charge in [-0.2, -0.15) is 0 Å². The lowest BCUT2D eigenvalue weighted by Crippen LogP contribution is -2.32. The highest BCUT2D eigenvalue weighted by Gasteiger charge is 2.29. The molecule has 0 spiro atoms. The molecule has 1 aromatic rings. The average Bonchev–Trinajstić information content (AvgIpc) is 2.46. The number of aliphatic hydroxyl groups is 1. The molecule has 1 saturated carbocycles. The molecule has 0 radical (unpaired) electrons. The predicted octanol–water partition coefficient (Wildman–Crippen LogP) is 4.66. The molecule has 2 heteroatoms. The van der Waals surface area contributed by atoms with Crippen molar-refractivity contribution < 1.29 is 5.11 Å². The van der Waals surface area contributed by atoms with Crippen molar-refractivity contribution in [2.75, 3.05) is 5.75 Å². The van der Waals surface area contributed by atoms with Gasteiger partial charge in [-0.15, -0.1) is 11.8 Å². The highest BCUT2D eigenvalue weighted by atomic mass is 32.2. The third kappa shape index (κ3) is 4.25. The largest absolute Gasteiger partial charge is 0.392 e. The summed E-state index contributed by atoms with van der Waals surface area (Å²) in [6.45, 7) is 4.37. The van der Waals surface area contributed by atoms with Gasteiger partial charge in [0, 0.05) is 10.6 Å². The molecule has 0 amide bonds. The Labute approximate surface area is 121 Å². The van der Waals surface area contributed by atoms with Gasteiger partial charge in [0.05, 0.1) is 6.10 Å². The van der Waals surface area contributed by atoms with E-state index in [2.05, 4.69) is 38.1 Å². The molecule has 19 heavy (non-hydrogen) atoms. The van der Waals surface area contributed by atoms with Crippen LogP contribution < -0.4 is 0 Å². The van der Waals surface area contributed by atoms with Gasteiger partial charge in [0.1, 0.15) is 0 Å². The summed E-state index contributed by atoms with van der Waals surface area (Å²) in [7, 11) is 0. The van der Waals surface area contributed by atoms with Gasteiger partial charge in [0.15, 0.2) is 0 Å². The maximum atomic E-state index is 10.5. The van der Waals surface area contributed by atoms with Gasteiger partial charge in [0.2, 0.25) is 0 Å². The van der Waals surface area contributed by atoms with E-state index >= 15 is 0 Å². The van der Waals surface area contributed by atoms with E-state index in [0.717, 1.165) is 11.7 Å². The summed E-state index contributed by atoms with van der Waals surface area (Å²) in [4.78, 5) is 1.27. The van der Waals surface area contributed by atoms with Crippen LogP contribution in [0.2, 0.25) is 0 Å². The Balaban J connectivity index is 1.85. The van der Waals surface area contributed by atoms with E-state index in [9.17, 15) is 5.11 Å². The van der Waals surface area contributed by atoms with Crippen LogP contribution in [0.5, 0.6) is 0 Å². The molecule has 0 heterocycles. The molecular formula is C17H26OS. The number of aliphatic hydroxyl groups excluding tert-OH is 1. The number of benzene rings is 1. The zero-order valence-electron chi connectivity index (χ0n) is 12.1. The standard InChI is InChI=1S/C17H26OS/c1-3-14-6-4-5-7-16(14)17(18)12-19-15-10-8-13(2)9-11-15/h8-11,14,16-18H,3-7,12H2,1-2H3. The SMILES string of the molecule is CCC1CCCCC1C(O)CSc1ccc(C)cc1. The van der Waals surface area contributed by atoms with Gasteiger partial charge >= 0.3 is 0 Å². The molecule has 3 unspecified atom stereocenters. The van der Waals surface area contributed by atoms with Gasteiger partial charge in [-0.05, 0) is 37.3 Å². The fourth-order valence-electron chi connectivity index (χ4n) is 3.19. The van der Waals surface area contributed by atoms with Crippen LogP contribution in [0.25, 0.3) is 0 Å². The number of rotatable bonds is 5. The third-order valence-electron chi connectivity index (χ3n) is 4.43. The Morgan fingerprint density at radius 3 is 2.58 bits per heavy atom. The second-order valence-electron chi connectivity index (χ2n) is 5.81. The molecule has 3 atom stereocenters. The molecule has 1 fully saturated rings. The molecule has 0 aliphatic heterocycles. The molecule has 1 aromatic carbocycles. The smallest absolute Gasteiger partial charge is 0.0664 e. The van der Waals surface area contributed by atoms with Gasteiger partial charge in [-0.3, -0.25) is 0 Å². The Hall–Kier alpha value is -0.470. The van der Waals surface area contributed by atoms with Crippen LogP contribution in [0, 0.1) is 18.8 Å².